The van der Waals surface area contributed by atoms with Gasteiger partial charge in [-0.25, -0.2) is 0 Å². The van der Waals surface area contributed by atoms with Gasteiger partial charge in [-0.3, -0.25) is 4.79 Å². The second kappa shape index (κ2) is 11.1. The summed E-state index contributed by atoms with van der Waals surface area (Å²) >= 11 is 0. The van der Waals surface area contributed by atoms with Crippen LogP contribution in [0, 0.1) is 0 Å². The van der Waals surface area contributed by atoms with E-state index in [1.807, 2.05) is 53.4 Å². The summed E-state index contributed by atoms with van der Waals surface area (Å²) in [5.41, 5.74) is 5.46. The predicted molar refractivity (Wildman–Crippen MR) is 145 cm³/mol. The van der Waals surface area contributed by atoms with Gasteiger partial charge < -0.3 is 15.1 Å². The molecule has 1 atom stereocenters. The second-order valence-corrected chi connectivity index (χ2v) is 9.10. The molecule has 1 fully saturated rings. The second-order valence-electron chi connectivity index (χ2n) is 9.10. The average Bonchev–Trinajstić information content (AvgIpc) is 2.97. The highest BCUT2D eigenvalue weighted by molar-refractivity contribution is 5.78. The molecule has 1 saturated heterocycles. The monoisotopic (exact) mass is 477 g/mol. The molecule has 4 aromatic rings. The Kier molecular flexibility index (Phi) is 7.33. The van der Waals surface area contributed by atoms with Crippen LogP contribution in [0.3, 0.4) is 0 Å². The highest BCUT2D eigenvalue weighted by atomic mass is 16.2. The molecule has 1 amide bonds. The van der Waals surface area contributed by atoms with Crippen molar-refractivity contribution in [3.63, 3.8) is 0 Å². The number of hydrogen-bond donors (Lipinski definition) is 1. The van der Waals surface area contributed by atoms with Crippen LogP contribution in [0.5, 0.6) is 0 Å². The van der Waals surface area contributed by atoms with Crippen molar-refractivity contribution in [3.05, 3.63) is 103 Å². The zero-order valence-electron chi connectivity index (χ0n) is 20.5. The number of carbonyl (C=O) groups is 1. The van der Waals surface area contributed by atoms with Crippen LogP contribution >= 0.6 is 0 Å². The van der Waals surface area contributed by atoms with E-state index in [9.17, 15) is 4.79 Å². The van der Waals surface area contributed by atoms with E-state index in [0.717, 1.165) is 30.2 Å². The lowest BCUT2D eigenvalue weighted by molar-refractivity contribution is -0.130. The fourth-order valence-corrected chi connectivity index (χ4v) is 4.51. The molecule has 1 unspecified atom stereocenters. The number of nitrogens with one attached hydrogen (secondary N) is 1. The third-order valence-electron chi connectivity index (χ3n) is 6.75. The molecule has 6 heteroatoms. The van der Waals surface area contributed by atoms with Crippen LogP contribution in [0.4, 0.5) is 5.82 Å². The van der Waals surface area contributed by atoms with Gasteiger partial charge in [0.05, 0.1) is 12.2 Å². The Morgan fingerprint density at radius 2 is 1.36 bits per heavy atom. The minimum atomic E-state index is 0.137. The van der Waals surface area contributed by atoms with Gasteiger partial charge in [0.1, 0.15) is 0 Å². The number of anilines is 1. The van der Waals surface area contributed by atoms with E-state index in [4.69, 9.17) is 0 Å². The molecule has 1 aromatic heterocycles. The quantitative estimate of drug-likeness (QED) is 0.414. The first kappa shape index (κ1) is 23.7. The Bertz CT molecular complexity index is 1250. The van der Waals surface area contributed by atoms with Crippen molar-refractivity contribution in [2.24, 2.45) is 0 Å². The molecule has 0 bridgehead atoms. The molecule has 1 aliphatic heterocycles. The first-order valence-corrected chi connectivity index (χ1v) is 12.5. The summed E-state index contributed by atoms with van der Waals surface area (Å²) < 4.78 is 0. The molecule has 5 rings (SSSR count). The summed E-state index contributed by atoms with van der Waals surface area (Å²) in [6.07, 6.45) is 0. The van der Waals surface area contributed by atoms with E-state index >= 15 is 0 Å². The normalized spacial score (nSPS) is 14.5. The van der Waals surface area contributed by atoms with Gasteiger partial charge in [0, 0.05) is 37.8 Å². The minimum absolute atomic E-state index is 0.137. The highest BCUT2D eigenvalue weighted by Gasteiger charge is 2.22. The third-order valence-corrected chi connectivity index (χ3v) is 6.75. The van der Waals surface area contributed by atoms with Crippen LogP contribution in [0.1, 0.15) is 18.5 Å². The van der Waals surface area contributed by atoms with E-state index in [1.54, 1.807) is 0 Å². The SMILES string of the molecule is CC(NCC(=O)N1CCN(c2ccc(-c3ccc(-c4ccccc4)cc3)nn2)CC1)c1ccccc1. The Hall–Kier alpha value is -4.03. The number of rotatable bonds is 7. The molecule has 6 nitrogen and oxygen atoms in total. The molecule has 0 saturated carbocycles. The van der Waals surface area contributed by atoms with Crippen LogP contribution < -0.4 is 10.2 Å². The van der Waals surface area contributed by atoms with Gasteiger partial charge in [-0.1, -0.05) is 84.9 Å². The Balaban J connectivity index is 1.13. The molecule has 1 N–H and O–H groups in total. The molecular weight excluding hydrogens is 446 g/mol. The molecule has 0 radical (unpaired) electrons. The molecule has 0 spiro atoms. The maximum Gasteiger partial charge on any atom is 0.236 e. The van der Waals surface area contributed by atoms with Crippen LogP contribution in [0.25, 0.3) is 22.4 Å². The van der Waals surface area contributed by atoms with Gasteiger partial charge in [-0.15, -0.1) is 10.2 Å². The molecule has 182 valence electrons. The number of benzene rings is 3. The first-order chi connectivity index (χ1) is 17.7. The molecule has 1 aliphatic rings. The van der Waals surface area contributed by atoms with E-state index < -0.39 is 0 Å². The lowest BCUT2D eigenvalue weighted by Crippen LogP contribution is -2.51. The van der Waals surface area contributed by atoms with Crippen LogP contribution in [-0.4, -0.2) is 53.7 Å². The van der Waals surface area contributed by atoms with E-state index in [0.29, 0.717) is 19.6 Å². The lowest BCUT2D eigenvalue weighted by Gasteiger charge is -2.35. The summed E-state index contributed by atoms with van der Waals surface area (Å²) in [7, 11) is 0. The summed E-state index contributed by atoms with van der Waals surface area (Å²) in [4.78, 5) is 16.8. The van der Waals surface area contributed by atoms with Crippen molar-refractivity contribution in [1.29, 1.82) is 0 Å². The predicted octanol–water partition coefficient (Wildman–Crippen LogP) is 4.81. The highest BCUT2D eigenvalue weighted by Crippen LogP contribution is 2.24. The number of piperazine rings is 1. The van der Waals surface area contributed by atoms with Gasteiger partial charge in [-0.2, -0.15) is 0 Å². The number of amides is 1. The molecule has 36 heavy (non-hydrogen) atoms. The van der Waals surface area contributed by atoms with Gasteiger partial charge in [0.25, 0.3) is 0 Å². The van der Waals surface area contributed by atoms with Gasteiger partial charge in [0.2, 0.25) is 5.91 Å². The van der Waals surface area contributed by atoms with Crippen LogP contribution in [0.2, 0.25) is 0 Å². The lowest BCUT2D eigenvalue weighted by atomic mass is 10.0. The van der Waals surface area contributed by atoms with Crippen molar-refractivity contribution >= 4 is 11.7 Å². The molecule has 0 aliphatic carbocycles. The molecular formula is C30H31N5O. The van der Waals surface area contributed by atoms with Crippen molar-refractivity contribution in [2.75, 3.05) is 37.6 Å². The largest absolute Gasteiger partial charge is 0.352 e. The van der Waals surface area contributed by atoms with Crippen molar-refractivity contribution < 1.29 is 4.79 Å². The standard InChI is InChI=1S/C30H31N5O/c1-23(24-8-4-2-5-9-24)31-22-30(36)35-20-18-34(19-21-35)29-17-16-28(32-33-29)27-14-12-26(13-15-27)25-10-6-3-7-11-25/h2-17,23,31H,18-22H2,1H3. The van der Waals surface area contributed by atoms with E-state index in [2.05, 4.69) is 75.9 Å². The Morgan fingerprint density at radius 3 is 2.00 bits per heavy atom. The number of aromatic nitrogens is 2. The topological polar surface area (TPSA) is 61.4 Å². The Labute approximate surface area is 212 Å². The molecule has 2 heterocycles. The maximum absolute atomic E-state index is 12.7. The minimum Gasteiger partial charge on any atom is -0.352 e. The number of nitrogens with zero attached hydrogens (tertiary/aromatic N) is 4. The number of hydrogen-bond acceptors (Lipinski definition) is 5. The molecule has 3 aromatic carbocycles. The fourth-order valence-electron chi connectivity index (χ4n) is 4.51. The van der Waals surface area contributed by atoms with E-state index in [1.165, 1.54) is 16.7 Å². The summed E-state index contributed by atoms with van der Waals surface area (Å²) in [5, 5.41) is 12.3. The summed E-state index contributed by atoms with van der Waals surface area (Å²) in [5.74, 6) is 0.986. The zero-order valence-corrected chi connectivity index (χ0v) is 20.5. The zero-order chi connectivity index (χ0) is 24.7. The third kappa shape index (κ3) is 5.61. The number of carbonyl (C=O) groups excluding carboxylic acids is 1. The van der Waals surface area contributed by atoms with Gasteiger partial charge in [0.15, 0.2) is 5.82 Å². The van der Waals surface area contributed by atoms with Crippen molar-refractivity contribution in [3.8, 4) is 22.4 Å². The van der Waals surface area contributed by atoms with Gasteiger partial charge in [-0.05, 0) is 35.7 Å². The van der Waals surface area contributed by atoms with Gasteiger partial charge >= 0.3 is 0 Å². The maximum atomic E-state index is 12.7. The smallest absolute Gasteiger partial charge is 0.236 e. The van der Waals surface area contributed by atoms with Crippen molar-refractivity contribution in [1.82, 2.24) is 20.4 Å². The Morgan fingerprint density at radius 1 is 0.750 bits per heavy atom. The van der Waals surface area contributed by atoms with Crippen LogP contribution in [0.15, 0.2) is 97.1 Å². The van der Waals surface area contributed by atoms with Crippen molar-refractivity contribution in [2.45, 2.75) is 13.0 Å². The van der Waals surface area contributed by atoms with E-state index in [-0.39, 0.29) is 11.9 Å². The van der Waals surface area contributed by atoms with Crippen LogP contribution in [-0.2, 0) is 4.79 Å². The fraction of sp³-hybridized carbons (Fsp3) is 0.233. The first-order valence-electron chi connectivity index (χ1n) is 12.5. The summed E-state index contributed by atoms with van der Waals surface area (Å²) in [6.45, 7) is 5.29. The average molecular weight is 478 g/mol. The summed E-state index contributed by atoms with van der Waals surface area (Å²) in [6, 6.07) is 33.1.